The molecule has 0 atom stereocenters. The molecule has 0 aliphatic heterocycles. The van der Waals surface area contributed by atoms with Crippen LogP contribution in [0, 0.1) is 6.92 Å². The predicted octanol–water partition coefficient (Wildman–Crippen LogP) is 2.84. The maximum atomic E-state index is 12.0. The Morgan fingerprint density at radius 3 is 2.87 bits per heavy atom. The number of para-hydroxylation sites is 2. The SMILES string of the molecule is C=CCNC(=O)c1cc(C)nc(Nc2ccccc2OCC)n1. The Morgan fingerprint density at radius 2 is 2.13 bits per heavy atom. The van der Waals surface area contributed by atoms with Crippen LogP contribution in [-0.2, 0) is 0 Å². The number of rotatable bonds is 7. The summed E-state index contributed by atoms with van der Waals surface area (Å²) in [6.45, 7) is 8.25. The number of benzene rings is 1. The van der Waals surface area contributed by atoms with E-state index in [0.29, 0.717) is 36.2 Å². The van der Waals surface area contributed by atoms with Gasteiger partial charge in [-0.25, -0.2) is 9.97 Å². The Balaban J connectivity index is 2.25. The molecular weight excluding hydrogens is 292 g/mol. The lowest BCUT2D eigenvalue weighted by Gasteiger charge is -2.12. The lowest BCUT2D eigenvalue weighted by atomic mass is 10.3. The summed E-state index contributed by atoms with van der Waals surface area (Å²) in [5, 5.41) is 5.80. The molecule has 0 unspecified atom stereocenters. The minimum atomic E-state index is -0.267. The van der Waals surface area contributed by atoms with Crippen LogP contribution in [0.15, 0.2) is 43.0 Å². The molecule has 2 N–H and O–H groups in total. The number of hydrogen-bond donors (Lipinski definition) is 2. The first-order chi connectivity index (χ1) is 11.1. The minimum absolute atomic E-state index is 0.267. The van der Waals surface area contributed by atoms with Crippen molar-refractivity contribution in [2.24, 2.45) is 0 Å². The van der Waals surface area contributed by atoms with E-state index in [9.17, 15) is 4.79 Å². The van der Waals surface area contributed by atoms with Crippen molar-refractivity contribution >= 4 is 17.5 Å². The molecular formula is C17H20N4O2. The number of hydrogen-bond acceptors (Lipinski definition) is 5. The normalized spacial score (nSPS) is 10.0. The Hall–Kier alpha value is -2.89. The third kappa shape index (κ3) is 4.54. The number of aromatic nitrogens is 2. The van der Waals surface area contributed by atoms with Gasteiger partial charge in [-0.2, -0.15) is 0 Å². The minimum Gasteiger partial charge on any atom is -0.492 e. The van der Waals surface area contributed by atoms with Crippen LogP contribution in [0.2, 0.25) is 0 Å². The van der Waals surface area contributed by atoms with E-state index in [1.165, 1.54) is 0 Å². The van der Waals surface area contributed by atoms with Crippen molar-refractivity contribution < 1.29 is 9.53 Å². The first kappa shape index (κ1) is 16.5. The molecule has 0 bridgehead atoms. The molecule has 2 rings (SSSR count). The van der Waals surface area contributed by atoms with E-state index in [0.717, 1.165) is 5.69 Å². The summed E-state index contributed by atoms with van der Waals surface area (Å²) in [5.41, 5.74) is 1.74. The van der Waals surface area contributed by atoms with E-state index in [1.54, 1.807) is 12.1 Å². The average molecular weight is 312 g/mol. The van der Waals surface area contributed by atoms with Gasteiger partial charge in [0, 0.05) is 12.2 Å². The maximum absolute atomic E-state index is 12.0. The third-order valence-electron chi connectivity index (χ3n) is 2.93. The molecule has 1 aromatic heterocycles. The van der Waals surface area contributed by atoms with Crippen LogP contribution in [0.4, 0.5) is 11.6 Å². The van der Waals surface area contributed by atoms with Crippen molar-refractivity contribution in [3.63, 3.8) is 0 Å². The molecule has 120 valence electrons. The second kappa shape index (κ2) is 7.93. The smallest absolute Gasteiger partial charge is 0.270 e. The second-order valence-electron chi connectivity index (χ2n) is 4.77. The van der Waals surface area contributed by atoms with Gasteiger partial charge in [-0.3, -0.25) is 4.79 Å². The lowest BCUT2D eigenvalue weighted by Crippen LogP contribution is -2.24. The van der Waals surface area contributed by atoms with Crippen molar-refractivity contribution in [2.75, 3.05) is 18.5 Å². The zero-order valence-electron chi connectivity index (χ0n) is 13.3. The zero-order chi connectivity index (χ0) is 16.7. The van der Waals surface area contributed by atoms with Gasteiger partial charge < -0.3 is 15.4 Å². The molecule has 1 aromatic carbocycles. The largest absolute Gasteiger partial charge is 0.492 e. The van der Waals surface area contributed by atoms with Crippen molar-refractivity contribution in [1.29, 1.82) is 0 Å². The van der Waals surface area contributed by atoms with E-state index in [2.05, 4.69) is 27.2 Å². The molecule has 0 aliphatic rings. The van der Waals surface area contributed by atoms with Gasteiger partial charge in [0.1, 0.15) is 11.4 Å². The quantitative estimate of drug-likeness (QED) is 0.769. The van der Waals surface area contributed by atoms with Gasteiger partial charge >= 0.3 is 0 Å². The van der Waals surface area contributed by atoms with Crippen LogP contribution in [0.3, 0.4) is 0 Å². The van der Waals surface area contributed by atoms with Crippen molar-refractivity contribution in [3.05, 3.63) is 54.4 Å². The number of amides is 1. The summed E-state index contributed by atoms with van der Waals surface area (Å²) in [6, 6.07) is 9.14. The fourth-order valence-corrected chi connectivity index (χ4v) is 1.97. The van der Waals surface area contributed by atoms with Gasteiger partial charge in [0.2, 0.25) is 5.95 Å². The summed E-state index contributed by atoms with van der Waals surface area (Å²) < 4.78 is 5.56. The number of nitrogens with zero attached hydrogens (tertiary/aromatic N) is 2. The van der Waals surface area contributed by atoms with E-state index in [4.69, 9.17) is 4.74 Å². The number of ether oxygens (including phenoxy) is 1. The molecule has 6 nitrogen and oxygen atoms in total. The third-order valence-corrected chi connectivity index (χ3v) is 2.93. The molecule has 1 amide bonds. The number of carbonyl (C=O) groups is 1. The Kier molecular flexibility index (Phi) is 5.68. The van der Waals surface area contributed by atoms with Gasteiger partial charge in [-0.1, -0.05) is 18.2 Å². The standard InChI is InChI=1S/C17H20N4O2/c1-4-10-18-16(22)14-11-12(3)19-17(21-14)20-13-8-6-7-9-15(13)23-5-2/h4,6-9,11H,1,5,10H2,2-3H3,(H,18,22)(H,19,20,21). The highest BCUT2D eigenvalue weighted by Gasteiger charge is 2.11. The fraction of sp³-hybridized carbons (Fsp3) is 0.235. The molecule has 1 heterocycles. The van der Waals surface area contributed by atoms with Crippen molar-refractivity contribution in [2.45, 2.75) is 13.8 Å². The van der Waals surface area contributed by atoms with E-state index < -0.39 is 0 Å². The molecule has 2 aromatic rings. The lowest BCUT2D eigenvalue weighted by molar-refractivity contribution is 0.0953. The van der Waals surface area contributed by atoms with Crippen LogP contribution in [0.25, 0.3) is 0 Å². The fourth-order valence-electron chi connectivity index (χ4n) is 1.97. The molecule has 0 spiro atoms. The summed E-state index contributed by atoms with van der Waals surface area (Å²) in [5.74, 6) is 0.787. The van der Waals surface area contributed by atoms with Crippen LogP contribution < -0.4 is 15.4 Å². The van der Waals surface area contributed by atoms with Gasteiger partial charge in [-0.05, 0) is 32.0 Å². The number of carbonyl (C=O) groups excluding carboxylic acids is 1. The second-order valence-corrected chi connectivity index (χ2v) is 4.77. The summed E-state index contributed by atoms with van der Waals surface area (Å²) in [4.78, 5) is 20.6. The monoisotopic (exact) mass is 312 g/mol. The molecule has 0 aliphatic carbocycles. The van der Waals surface area contributed by atoms with E-state index in [1.807, 2.05) is 38.1 Å². The zero-order valence-corrected chi connectivity index (χ0v) is 13.3. The molecule has 0 fully saturated rings. The van der Waals surface area contributed by atoms with Crippen molar-refractivity contribution in [1.82, 2.24) is 15.3 Å². The molecule has 0 radical (unpaired) electrons. The Morgan fingerprint density at radius 1 is 1.35 bits per heavy atom. The maximum Gasteiger partial charge on any atom is 0.270 e. The first-order valence-corrected chi connectivity index (χ1v) is 7.37. The summed E-state index contributed by atoms with van der Waals surface area (Å²) in [7, 11) is 0. The van der Waals surface area contributed by atoms with E-state index >= 15 is 0 Å². The molecule has 23 heavy (non-hydrogen) atoms. The highest BCUT2D eigenvalue weighted by Crippen LogP contribution is 2.26. The molecule has 0 saturated heterocycles. The molecule has 0 saturated carbocycles. The van der Waals surface area contributed by atoms with Crippen LogP contribution >= 0.6 is 0 Å². The van der Waals surface area contributed by atoms with Crippen LogP contribution in [0.1, 0.15) is 23.1 Å². The molecule has 6 heteroatoms. The van der Waals surface area contributed by atoms with Gasteiger partial charge in [-0.15, -0.1) is 6.58 Å². The number of aryl methyl sites for hydroxylation is 1. The van der Waals surface area contributed by atoms with Crippen LogP contribution in [-0.4, -0.2) is 29.0 Å². The van der Waals surface area contributed by atoms with Gasteiger partial charge in [0.05, 0.1) is 12.3 Å². The summed E-state index contributed by atoms with van der Waals surface area (Å²) >= 11 is 0. The topological polar surface area (TPSA) is 76.1 Å². The average Bonchev–Trinajstić information content (AvgIpc) is 2.54. The Bertz CT molecular complexity index is 701. The predicted molar refractivity (Wildman–Crippen MR) is 90.2 cm³/mol. The van der Waals surface area contributed by atoms with E-state index in [-0.39, 0.29) is 5.91 Å². The Labute approximate surface area is 135 Å². The first-order valence-electron chi connectivity index (χ1n) is 7.37. The highest BCUT2D eigenvalue weighted by atomic mass is 16.5. The highest BCUT2D eigenvalue weighted by molar-refractivity contribution is 5.92. The number of nitrogens with one attached hydrogen (secondary N) is 2. The van der Waals surface area contributed by atoms with Crippen molar-refractivity contribution in [3.8, 4) is 5.75 Å². The van der Waals surface area contributed by atoms with Crippen LogP contribution in [0.5, 0.6) is 5.75 Å². The number of anilines is 2. The van der Waals surface area contributed by atoms with Gasteiger partial charge in [0.15, 0.2) is 0 Å². The summed E-state index contributed by atoms with van der Waals surface area (Å²) in [6.07, 6.45) is 1.61. The van der Waals surface area contributed by atoms with Gasteiger partial charge in [0.25, 0.3) is 5.91 Å².